The fourth-order valence-electron chi connectivity index (χ4n) is 1.58. The first kappa shape index (κ1) is 14.6. The van der Waals surface area contributed by atoms with Crippen LogP contribution in [0.3, 0.4) is 0 Å². The Labute approximate surface area is 121 Å². The Hall–Kier alpha value is -1.83. The quantitative estimate of drug-likeness (QED) is 0.923. The molecule has 8 heteroatoms. The molecule has 2 rings (SSSR count). The van der Waals surface area contributed by atoms with Gasteiger partial charge in [-0.05, 0) is 12.1 Å². The summed E-state index contributed by atoms with van der Waals surface area (Å²) in [4.78, 5) is 15.7. The van der Waals surface area contributed by atoms with Gasteiger partial charge in [-0.3, -0.25) is 4.79 Å². The normalized spacial score (nSPS) is 10.6. The van der Waals surface area contributed by atoms with E-state index in [9.17, 15) is 13.6 Å². The van der Waals surface area contributed by atoms with Gasteiger partial charge in [-0.15, -0.1) is 0 Å². The molecule has 1 aromatic carbocycles. The molecule has 1 amide bonds. The highest BCUT2D eigenvalue weighted by Crippen LogP contribution is 2.19. The van der Waals surface area contributed by atoms with E-state index in [2.05, 4.69) is 31.4 Å². The molecule has 0 atom stereocenters. The van der Waals surface area contributed by atoms with Gasteiger partial charge in [0.2, 0.25) is 5.89 Å². The smallest absolute Gasteiger partial charge is 0.257 e. The van der Waals surface area contributed by atoms with Crippen LogP contribution in [0.1, 0.15) is 22.1 Å². The van der Waals surface area contributed by atoms with E-state index < -0.39 is 23.1 Å². The van der Waals surface area contributed by atoms with Crippen molar-refractivity contribution in [2.24, 2.45) is 0 Å². The molecule has 1 N–H and O–H groups in total. The van der Waals surface area contributed by atoms with Gasteiger partial charge in [0, 0.05) is 24.4 Å². The lowest BCUT2D eigenvalue weighted by molar-refractivity contribution is 0.0945. The first-order valence-corrected chi connectivity index (χ1v) is 6.48. The van der Waals surface area contributed by atoms with Gasteiger partial charge in [-0.1, -0.05) is 21.1 Å². The van der Waals surface area contributed by atoms with E-state index in [4.69, 9.17) is 4.52 Å². The van der Waals surface area contributed by atoms with Crippen LogP contribution in [0.5, 0.6) is 0 Å². The van der Waals surface area contributed by atoms with Crippen LogP contribution in [-0.4, -0.2) is 22.6 Å². The monoisotopic (exact) mass is 345 g/mol. The van der Waals surface area contributed by atoms with Crippen LogP contribution >= 0.6 is 15.9 Å². The minimum Gasteiger partial charge on any atom is -0.351 e. The third-order valence-corrected chi connectivity index (χ3v) is 2.90. The summed E-state index contributed by atoms with van der Waals surface area (Å²) in [5.41, 5.74) is -0.613. The molecule has 1 heterocycles. The highest BCUT2D eigenvalue weighted by molar-refractivity contribution is 9.10. The largest absolute Gasteiger partial charge is 0.351 e. The molecule has 106 valence electrons. The van der Waals surface area contributed by atoms with Crippen molar-refractivity contribution in [3.63, 3.8) is 0 Å². The van der Waals surface area contributed by atoms with E-state index in [1.807, 2.05) is 0 Å². The Bertz CT molecular complexity index is 622. The maximum atomic E-state index is 13.5. The number of nitrogens with one attached hydrogen (secondary N) is 1. The fourth-order valence-corrected chi connectivity index (χ4v) is 1.98. The fraction of sp³-hybridized carbons (Fsp3) is 0.250. The number of carbonyl (C=O) groups excluding carboxylic acids is 1. The van der Waals surface area contributed by atoms with Crippen molar-refractivity contribution in [3.05, 3.63) is 45.5 Å². The second-order valence-corrected chi connectivity index (χ2v) is 4.90. The number of carbonyl (C=O) groups is 1. The summed E-state index contributed by atoms with van der Waals surface area (Å²) < 4.78 is 32.1. The summed E-state index contributed by atoms with van der Waals surface area (Å²) in [6.45, 7) is 1.79. The third kappa shape index (κ3) is 3.38. The van der Waals surface area contributed by atoms with E-state index in [1.165, 1.54) is 0 Å². The molecule has 2 aromatic rings. The van der Waals surface area contributed by atoms with Crippen LogP contribution in [0.15, 0.2) is 21.1 Å². The Morgan fingerprint density at radius 1 is 1.40 bits per heavy atom. The van der Waals surface area contributed by atoms with Crippen molar-refractivity contribution < 1.29 is 18.1 Å². The predicted octanol–water partition coefficient (Wildman–Crippen LogP) is 2.39. The van der Waals surface area contributed by atoms with E-state index in [1.54, 1.807) is 6.92 Å². The zero-order valence-corrected chi connectivity index (χ0v) is 12.0. The molecule has 0 fully saturated rings. The highest BCUT2D eigenvalue weighted by Gasteiger charge is 2.18. The number of aryl methyl sites for hydroxylation is 1. The molecule has 0 aliphatic rings. The predicted molar refractivity (Wildman–Crippen MR) is 69.1 cm³/mol. The summed E-state index contributed by atoms with van der Waals surface area (Å²) in [5, 5.41) is 6.04. The molecule has 0 spiro atoms. The Morgan fingerprint density at radius 3 is 2.60 bits per heavy atom. The standard InChI is InChI=1S/C12H10BrF2N3O2/c1-6-17-10(18-20-6)2-3-16-12(19)11-8(14)4-7(13)5-9(11)15/h4-5H,2-3H2,1H3,(H,16,19). The summed E-state index contributed by atoms with van der Waals surface area (Å²) in [7, 11) is 0. The van der Waals surface area contributed by atoms with Gasteiger partial charge < -0.3 is 9.84 Å². The number of amides is 1. The zero-order valence-electron chi connectivity index (χ0n) is 10.4. The van der Waals surface area contributed by atoms with Gasteiger partial charge in [-0.2, -0.15) is 4.98 Å². The van der Waals surface area contributed by atoms with Crippen molar-refractivity contribution in [1.82, 2.24) is 15.5 Å². The number of aromatic nitrogens is 2. The Kier molecular flexibility index (Phi) is 4.43. The Balaban J connectivity index is 1.98. The molecular weight excluding hydrogens is 336 g/mol. The maximum absolute atomic E-state index is 13.5. The maximum Gasteiger partial charge on any atom is 0.257 e. The molecule has 0 aliphatic heterocycles. The van der Waals surface area contributed by atoms with E-state index in [-0.39, 0.29) is 11.0 Å². The molecule has 0 bridgehead atoms. The van der Waals surface area contributed by atoms with E-state index in [0.717, 1.165) is 12.1 Å². The van der Waals surface area contributed by atoms with E-state index >= 15 is 0 Å². The number of nitrogens with zero attached hydrogens (tertiary/aromatic N) is 2. The molecule has 0 aliphatic carbocycles. The van der Waals surface area contributed by atoms with Crippen LogP contribution in [0, 0.1) is 18.6 Å². The SMILES string of the molecule is Cc1nc(CCNC(=O)c2c(F)cc(Br)cc2F)no1. The number of hydrogen-bond acceptors (Lipinski definition) is 4. The second-order valence-electron chi connectivity index (χ2n) is 3.98. The summed E-state index contributed by atoms with van der Waals surface area (Å²) in [6.07, 6.45) is 0.308. The van der Waals surface area contributed by atoms with Gasteiger partial charge in [0.25, 0.3) is 5.91 Å². The van der Waals surface area contributed by atoms with Crippen molar-refractivity contribution >= 4 is 21.8 Å². The van der Waals surface area contributed by atoms with Crippen LogP contribution < -0.4 is 5.32 Å². The van der Waals surface area contributed by atoms with Gasteiger partial charge >= 0.3 is 0 Å². The first-order valence-electron chi connectivity index (χ1n) is 5.69. The lowest BCUT2D eigenvalue weighted by Crippen LogP contribution is -2.27. The lowest BCUT2D eigenvalue weighted by atomic mass is 10.2. The topological polar surface area (TPSA) is 68.0 Å². The second kappa shape index (κ2) is 6.08. The third-order valence-electron chi connectivity index (χ3n) is 2.44. The molecule has 5 nitrogen and oxygen atoms in total. The highest BCUT2D eigenvalue weighted by atomic mass is 79.9. The number of halogens is 3. The minimum absolute atomic E-state index is 0.146. The van der Waals surface area contributed by atoms with E-state index in [0.29, 0.717) is 18.1 Å². The first-order chi connectivity index (χ1) is 9.47. The molecule has 0 saturated heterocycles. The average molecular weight is 346 g/mol. The zero-order chi connectivity index (χ0) is 14.7. The number of rotatable bonds is 4. The van der Waals surface area contributed by atoms with Gasteiger partial charge in [-0.25, -0.2) is 8.78 Å². The Morgan fingerprint density at radius 2 is 2.05 bits per heavy atom. The van der Waals surface area contributed by atoms with Gasteiger partial charge in [0.1, 0.15) is 17.2 Å². The van der Waals surface area contributed by atoms with Crippen LogP contribution in [0.25, 0.3) is 0 Å². The van der Waals surface area contributed by atoms with Crippen molar-refractivity contribution in [3.8, 4) is 0 Å². The summed E-state index contributed by atoms with van der Waals surface area (Å²) >= 11 is 2.94. The molecule has 0 unspecified atom stereocenters. The van der Waals surface area contributed by atoms with Crippen molar-refractivity contribution in [1.29, 1.82) is 0 Å². The van der Waals surface area contributed by atoms with Crippen molar-refractivity contribution in [2.45, 2.75) is 13.3 Å². The van der Waals surface area contributed by atoms with Crippen LogP contribution in [0.4, 0.5) is 8.78 Å². The molecule has 0 saturated carbocycles. The number of hydrogen-bond donors (Lipinski definition) is 1. The average Bonchev–Trinajstić information content (AvgIpc) is 2.73. The minimum atomic E-state index is -0.926. The van der Waals surface area contributed by atoms with Crippen LogP contribution in [-0.2, 0) is 6.42 Å². The molecule has 1 aromatic heterocycles. The van der Waals surface area contributed by atoms with Gasteiger partial charge in [0.15, 0.2) is 5.82 Å². The summed E-state index contributed by atoms with van der Waals surface area (Å²) in [6, 6.07) is 2.06. The molecule has 0 radical (unpaired) electrons. The lowest BCUT2D eigenvalue weighted by Gasteiger charge is -2.06. The van der Waals surface area contributed by atoms with Gasteiger partial charge in [0.05, 0.1) is 0 Å². The number of benzene rings is 1. The summed E-state index contributed by atoms with van der Waals surface area (Å²) in [5.74, 6) is -1.85. The molecular formula is C12H10BrF2N3O2. The molecule has 20 heavy (non-hydrogen) atoms. The van der Waals surface area contributed by atoms with Crippen LogP contribution in [0.2, 0.25) is 0 Å². The van der Waals surface area contributed by atoms with Crippen molar-refractivity contribution in [2.75, 3.05) is 6.54 Å².